The van der Waals surface area contributed by atoms with Crippen LogP contribution in [0.1, 0.15) is 38.7 Å². The van der Waals surface area contributed by atoms with Crippen molar-refractivity contribution in [3.8, 4) is 17.5 Å². The van der Waals surface area contributed by atoms with Crippen molar-refractivity contribution in [3.05, 3.63) is 35.9 Å². The fraction of sp³-hybridized carbons (Fsp3) is 0.522. The monoisotopic (exact) mass is 479 g/mol. The molecule has 1 aliphatic rings. The molecule has 1 fully saturated rings. The van der Waals surface area contributed by atoms with Crippen LogP contribution < -0.4 is 9.47 Å². The molecule has 0 radical (unpaired) electrons. The van der Waals surface area contributed by atoms with Gasteiger partial charge < -0.3 is 19.1 Å². The summed E-state index contributed by atoms with van der Waals surface area (Å²) in [7, 11) is -1.29. The molecule has 0 aliphatic carbocycles. The van der Waals surface area contributed by atoms with E-state index in [2.05, 4.69) is 9.97 Å². The zero-order valence-electron chi connectivity index (χ0n) is 19.4. The summed E-state index contributed by atoms with van der Waals surface area (Å²) < 4.78 is 43.0. The number of halogens is 1. The smallest absolute Gasteiger partial charge is 0.229 e. The molecule has 1 atom stereocenters. The molecule has 0 saturated carbocycles. The Morgan fingerprint density at radius 3 is 2.58 bits per heavy atom. The predicted octanol–water partition coefficient (Wildman–Crippen LogP) is 3.64. The number of carbonyl (C=O) groups is 1. The molecule has 1 unspecified atom stereocenters. The van der Waals surface area contributed by atoms with Crippen LogP contribution in [-0.4, -0.2) is 63.1 Å². The number of benzene rings is 1. The van der Waals surface area contributed by atoms with Gasteiger partial charge in [-0.05, 0) is 39.0 Å². The lowest BCUT2D eigenvalue weighted by molar-refractivity contribution is -0.134. The zero-order chi connectivity index (χ0) is 24.0. The largest absolute Gasteiger partial charge is 0.474 e. The van der Waals surface area contributed by atoms with Crippen molar-refractivity contribution in [3.63, 3.8) is 0 Å². The number of piperidine rings is 1. The van der Waals surface area contributed by atoms with Crippen LogP contribution in [0.4, 0.5) is 4.39 Å². The summed E-state index contributed by atoms with van der Waals surface area (Å²) in [6.07, 6.45) is 4.54. The van der Waals surface area contributed by atoms with E-state index in [1.807, 2.05) is 18.7 Å². The van der Waals surface area contributed by atoms with E-state index in [1.165, 1.54) is 24.7 Å². The number of amides is 1. The van der Waals surface area contributed by atoms with Gasteiger partial charge in [-0.25, -0.2) is 14.4 Å². The lowest BCUT2D eigenvalue weighted by Crippen LogP contribution is -2.42. The maximum atomic E-state index is 14.3. The van der Waals surface area contributed by atoms with Crippen molar-refractivity contribution in [2.45, 2.75) is 57.1 Å². The third kappa shape index (κ3) is 6.94. The first-order valence-electron chi connectivity index (χ1n) is 10.9. The van der Waals surface area contributed by atoms with E-state index in [9.17, 15) is 13.4 Å². The van der Waals surface area contributed by atoms with Gasteiger partial charge in [-0.15, -0.1) is 0 Å². The molecule has 0 N–H and O–H groups in total. The predicted molar refractivity (Wildman–Crippen MR) is 122 cm³/mol. The molecule has 8 nitrogen and oxygen atoms in total. The summed E-state index contributed by atoms with van der Waals surface area (Å²) in [5.74, 6) is -0.0176. The molecule has 1 aliphatic heterocycles. The summed E-state index contributed by atoms with van der Waals surface area (Å²) in [6, 6.07) is 4.16. The van der Waals surface area contributed by atoms with Crippen molar-refractivity contribution in [1.29, 1.82) is 0 Å². The highest BCUT2D eigenvalue weighted by Gasteiger charge is 2.25. The van der Waals surface area contributed by atoms with Gasteiger partial charge in [0.05, 0.1) is 24.7 Å². The zero-order valence-corrected chi connectivity index (χ0v) is 20.2. The molecule has 2 aromatic rings. The summed E-state index contributed by atoms with van der Waals surface area (Å²) >= 11 is 0. The van der Waals surface area contributed by atoms with Crippen LogP contribution in [0.5, 0.6) is 17.5 Å². The van der Waals surface area contributed by atoms with Crippen molar-refractivity contribution in [1.82, 2.24) is 14.9 Å². The maximum Gasteiger partial charge on any atom is 0.229 e. The van der Waals surface area contributed by atoms with Crippen molar-refractivity contribution >= 4 is 16.7 Å². The van der Waals surface area contributed by atoms with E-state index in [-0.39, 0.29) is 29.7 Å². The SMILES string of the molecule is Cc1c(Oc2ccc(S(C)=O)cc2F)ncnc1OC1CCN(C(=O)CCOC(C)C)CC1. The van der Waals surface area contributed by atoms with Gasteiger partial charge in [-0.3, -0.25) is 9.00 Å². The minimum atomic E-state index is -1.29. The fourth-order valence-electron chi connectivity index (χ4n) is 3.41. The summed E-state index contributed by atoms with van der Waals surface area (Å²) in [5.41, 5.74) is 0.546. The summed E-state index contributed by atoms with van der Waals surface area (Å²) in [4.78, 5) is 22.8. The highest BCUT2D eigenvalue weighted by Crippen LogP contribution is 2.31. The molecule has 10 heteroatoms. The lowest BCUT2D eigenvalue weighted by Gasteiger charge is -2.32. The molecule has 1 aromatic heterocycles. The Morgan fingerprint density at radius 2 is 1.94 bits per heavy atom. The second-order valence-corrected chi connectivity index (χ2v) is 9.50. The minimum absolute atomic E-state index is 0.0229. The van der Waals surface area contributed by atoms with Gasteiger partial charge in [0.2, 0.25) is 17.7 Å². The molecule has 3 rings (SSSR count). The highest BCUT2D eigenvalue weighted by atomic mass is 32.2. The second kappa shape index (κ2) is 11.5. The van der Waals surface area contributed by atoms with Crippen LogP contribution in [-0.2, 0) is 20.3 Å². The number of hydrogen-bond donors (Lipinski definition) is 0. The quantitative estimate of drug-likeness (QED) is 0.542. The van der Waals surface area contributed by atoms with Gasteiger partial charge in [0.15, 0.2) is 11.6 Å². The van der Waals surface area contributed by atoms with E-state index >= 15 is 0 Å². The fourth-order valence-corrected chi connectivity index (χ4v) is 3.94. The molecule has 33 heavy (non-hydrogen) atoms. The van der Waals surface area contributed by atoms with E-state index in [4.69, 9.17) is 14.2 Å². The number of carbonyl (C=O) groups excluding carboxylic acids is 1. The van der Waals surface area contributed by atoms with Crippen molar-refractivity contribution < 1.29 is 27.6 Å². The van der Waals surface area contributed by atoms with Crippen LogP contribution in [0, 0.1) is 12.7 Å². The molecule has 1 saturated heterocycles. The van der Waals surface area contributed by atoms with Crippen LogP contribution in [0.25, 0.3) is 0 Å². The Kier molecular flexibility index (Phi) is 8.74. The molecule has 2 heterocycles. The normalized spacial score (nSPS) is 15.5. The standard InChI is InChI=1S/C23H30FN3O5S/c1-15(2)30-12-9-21(28)27-10-7-17(8-11-27)31-22-16(3)23(26-14-25-22)32-20-6-5-18(33(4)29)13-19(20)24/h5-6,13-15,17H,7-12H2,1-4H3. The van der Waals surface area contributed by atoms with Gasteiger partial charge in [0.25, 0.3) is 0 Å². The molecule has 1 aromatic carbocycles. The third-order valence-corrected chi connectivity index (χ3v) is 6.19. The molecule has 1 amide bonds. The number of likely N-dealkylation sites (tertiary alicyclic amines) is 1. The van der Waals surface area contributed by atoms with E-state index in [0.29, 0.717) is 55.3 Å². The van der Waals surface area contributed by atoms with Crippen LogP contribution in [0.2, 0.25) is 0 Å². The Bertz CT molecular complexity index is 996. The van der Waals surface area contributed by atoms with Gasteiger partial charge in [0.1, 0.15) is 12.4 Å². The van der Waals surface area contributed by atoms with Crippen LogP contribution in [0.3, 0.4) is 0 Å². The number of aromatic nitrogens is 2. The average Bonchev–Trinajstić information content (AvgIpc) is 2.77. The molecular weight excluding hydrogens is 449 g/mol. The lowest BCUT2D eigenvalue weighted by atomic mass is 10.1. The molecule has 0 bridgehead atoms. The van der Waals surface area contributed by atoms with Crippen molar-refractivity contribution in [2.24, 2.45) is 0 Å². The third-order valence-electron chi connectivity index (χ3n) is 5.27. The second-order valence-electron chi connectivity index (χ2n) is 8.12. The van der Waals surface area contributed by atoms with Crippen LogP contribution in [0.15, 0.2) is 29.4 Å². The Balaban J connectivity index is 1.57. The Morgan fingerprint density at radius 1 is 1.24 bits per heavy atom. The van der Waals surface area contributed by atoms with Gasteiger partial charge in [0, 0.05) is 47.9 Å². The maximum absolute atomic E-state index is 14.3. The van der Waals surface area contributed by atoms with Gasteiger partial charge >= 0.3 is 0 Å². The summed E-state index contributed by atoms with van der Waals surface area (Å²) in [6.45, 7) is 7.27. The number of ether oxygens (including phenoxy) is 3. The van der Waals surface area contributed by atoms with Gasteiger partial charge in [-0.1, -0.05) is 0 Å². The first kappa shape index (κ1) is 25.0. The van der Waals surface area contributed by atoms with Gasteiger partial charge in [-0.2, -0.15) is 0 Å². The van der Waals surface area contributed by atoms with Crippen molar-refractivity contribution in [2.75, 3.05) is 26.0 Å². The first-order valence-corrected chi connectivity index (χ1v) is 12.5. The summed E-state index contributed by atoms with van der Waals surface area (Å²) in [5, 5.41) is 0. The number of hydrogen-bond acceptors (Lipinski definition) is 7. The van der Waals surface area contributed by atoms with E-state index < -0.39 is 16.6 Å². The highest BCUT2D eigenvalue weighted by molar-refractivity contribution is 7.84. The Hall–Kier alpha value is -2.59. The molecule has 0 spiro atoms. The van der Waals surface area contributed by atoms with E-state index in [1.54, 1.807) is 13.0 Å². The first-order chi connectivity index (χ1) is 15.7. The molecular formula is C23H30FN3O5S. The average molecular weight is 480 g/mol. The number of nitrogens with zero attached hydrogens (tertiary/aromatic N) is 3. The van der Waals surface area contributed by atoms with E-state index in [0.717, 1.165) is 0 Å². The number of rotatable bonds is 9. The van der Waals surface area contributed by atoms with Crippen LogP contribution >= 0.6 is 0 Å². The topological polar surface area (TPSA) is 90.9 Å². The molecule has 180 valence electrons. The minimum Gasteiger partial charge on any atom is -0.474 e. The Labute approximate surface area is 195 Å².